The molecule has 1 fully saturated rings. The van der Waals surface area contributed by atoms with Crippen LogP contribution < -0.4 is 0 Å². The Morgan fingerprint density at radius 2 is 2.24 bits per heavy atom. The van der Waals surface area contributed by atoms with Crippen LogP contribution in [-0.2, 0) is 0 Å². The van der Waals surface area contributed by atoms with Crippen LogP contribution in [0.1, 0.15) is 29.6 Å². The molecule has 92 valence electrons. The first-order chi connectivity index (χ1) is 8.31. The monoisotopic (exact) mass is 234 g/mol. The first-order valence-electron chi connectivity index (χ1n) is 6.11. The molecule has 1 unspecified atom stereocenters. The summed E-state index contributed by atoms with van der Waals surface area (Å²) in [4.78, 5) is 18.0. The fraction of sp³-hybridized carbons (Fsp3) is 0.538. The molecular weight excluding hydrogens is 216 g/mol. The number of aliphatic hydroxyl groups is 1. The number of rotatable bonds is 3. The fourth-order valence-corrected chi connectivity index (χ4v) is 2.34. The minimum Gasteiger partial charge on any atom is -0.396 e. The lowest BCUT2D eigenvalue weighted by molar-refractivity contribution is 0.0653. The summed E-state index contributed by atoms with van der Waals surface area (Å²) >= 11 is 0. The van der Waals surface area contributed by atoms with Gasteiger partial charge in [-0.1, -0.05) is 0 Å². The van der Waals surface area contributed by atoms with Crippen molar-refractivity contribution < 1.29 is 9.90 Å². The van der Waals surface area contributed by atoms with Gasteiger partial charge in [-0.2, -0.15) is 0 Å². The molecule has 0 saturated carbocycles. The average Bonchev–Trinajstić information content (AvgIpc) is 2.40. The number of likely N-dealkylation sites (tertiary alicyclic amines) is 1. The molecule has 0 aliphatic carbocycles. The SMILES string of the molecule is O=C(c1ccncc1)N1CCCC(CCO)C1. The number of piperidine rings is 1. The number of carbonyl (C=O) groups excluding carboxylic acids is 1. The molecule has 1 aromatic heterocycles. The van der Waals surface area contributed by atoms with Crippen LogP contribution in [0.5, 0.6) is 0 Å². The van der Waals surface area contributed by atoms with E-state index in [2.05, 4.69) is 4.98 Å². The van der Waals surface area contributed by atoms with Gasteiger partial charge in [0.25, 0.3) is 5.91 Å². The van der Waals surface area contributed by atoms with Crippen LogP contribution in [0, 0.1) is 5.92 Å². The standard InChI is InChI=1S/C13H18N2O2/c16-9-5-11-2-1-8-15(10-11)13(17)12-3-6-14-7-4-12/h3-4,6-7,11,16H,1-2,5,8-10H2. The average molecular weight is 234 g/mol. The van der Waals surface area contributed by atoms with Crippen molar-refractivity contribution in [3.05, 3.63) is 30.1 Å². The van der Waals surface area contributed by atoms with Gasteiger partial charge in [0.15, 0.2) is 0 Å². The van der Waals surface area contributed by atoms with Crippen molar-refractivity contribution >= 4 is 5.91 Å². The lowest BCUT2D eigenvalue weighted by atomic mass is 9.95. The highest BCUT2D eigenvalue weighted by atomic mass is 16.3. The van der Waals surface area contributed by atoms with E-state index < -0.39 is 0 Å². The maximum Gasteiger partial charge on any atom is 0.253 e. The van der Waals surface area contributed by atoms with Crippen LogP contribution in [0.4, 0.5) is 0 Å². The largest absolute Gasteiger partial charge is 0.396 e. The molecule has 1 aliphatic rings. The molecule has 0 aromatic carbocycles. The van der Waals surface area contributed by atoms with E-state index in [9.17, 15) is 4.79 Å². The van der Waals surface area contributed by atoms with E-state index in [4.69, 9.17) is 5.11 Å². The lowest BCUT2D eigenvalue weighted by Gasteiger charge is -2.32. The molecule has 1 aromatic rings. The zero-order valence-electron chi connectivity index (χ0n) is 9.88. The Hall–Kier alpha value is -1.42. The third-order valence-corrected chi connectivity index (χ3v) is 3.27. The highest BCUT2D eigenvalue weighted by Gasteiger charge is 2.23. The van der Waals surface area contributed by atoms with Gasteiger partial charge >= 0.3 is 0 Å². The summed E-state index contributed by atoms with van der Waals surface area (Å²) in [5.74, 6) is 0.523. The van der Waals surface area contributed by atoms with Gasteiger partial charge in [0.1, 0.15) is 0 Å². The molecule has 1 N–H and O–H groups in total. The normalized spacial score (nSPS) is 20.3. The maximum absolute atomic E-state index is 12.2. The Balaban J connectivity index is 2.00. The minimum absolute atomic E-state index is 0.0787. The molecule has 0 radical (unpaired) electrons. The molecular formula is C13H18N2O2. The minimum atomic E-state index is 0.0787. The second-order valence-electron chi connectivity index (χ2n) is 4.51. The zero-order valence-corrected chi connectivity index (χ0v) is 9.88. The molecule has 0 spiro atoms. The quantitative estimate of drug-likeness (QED) is 0.858. The first kappa shape index (κ1) is 12.0. The second-order valence-corrected chi connectivity index (χ2v) is 4.51. The Morgan fingerprint density at radius 1 is 1.47 bits per heavy atom. The van der Waals surface area contributed by atoms with Gasteiger partial charge in [0.2, 0.25) is 0 Å². The molecule has 1 atom stereocenters. The van der Waals surface area contributed by atoms with E-state index in [1.807, 2.05) is 4.90 Å². The molecule has 1 amide bonds. The molecule has 2 heterocycles. The van der Waals surface area contributed by atoms with Gasteiger partial charge in [-0.3, -0.25) is 9.78 Å². The summed E-state index contributed by atoms with van der Waals surface area (Å²) in [5.41, 5.74) is 0.699. The van der Waals surface area contributed by atoms with Crippen molar-refractivity contribution in [3.8, 4) is 0 Å². The summed E-state index contributed by atoms with van der Waals surface area (Å²) in [6, 6.07) is 3.50. The first-order valence-corrected chi connectivity index (χ1v) is 6.11. The third kappa shape index (κ3) is 3.03. The van der Waals surface area contributed by atoms with Crippen LogP contribution in [0.2, 0.25) is 0 Å². The molecule has 1 saturated heterocycles. The summed E-state index contributed by atoms with van der Waals surface area (Å²) in [7, 11) is 0. The number of carbonyl (C=O) groups is 1. The number of aliphatic hydroxyl groups excluding tert-OH is 1. The van der Waals surface area contributed by atoms with E-state index >= 15 is 0 Å². The number of amides is 1. The number of aromatic nitrogens is 1. The number of pyridine rings is 1. The van der Waals surface area contributed by atoms with Crippen LogP contribution in [0.15, 0.2) is 24.5 Å². The van der Waals surface area contributed by atoms with Crippen molar-refractivity contribution in [1.82, 2.24) is 9.88 Å². The fourth-order valence-electron chi connectivity index (χ4n) is 2.34. The van der Waals surface area contributed by atoms with E-state index in [-0.39, 0.29) is 12.5 Å². The van der Waals surface area contributed by atoms with Crippen LogP contribution in [0.3, 0.4) is 0 Å². The highest BCUT2D eigenvalue weighted by Crippen LogP contribution is 2.20. The third-order valence-electron chi connectivity index (χ3n) is 3.27. The van der Waals surface area contributed by atoms with Gasteiger partial charge in [0, 0.05) is 37.7 Å². The van der Waals surface area contributed by atoms with Crippen molar-refractivity contribution in [2.45, 2.75) is 19.3 Å². The summed E-state index contributed by atoms with van der Waals surface area (Å²) in [5, 5.41) is 8.95. The van der Waals surface area contributed by atoms with E-state index in [1.54, 1.807) is 24.5 Å². The van der Waals surface area contributed by atoms with Gasteiger partial charge in [-0.15, -0.1) is 0 Å². The van der Waals surface area contributed by atoms with Crippen molar-refractivity contribution in [1.29, 1.82) is 0 Å². The second kappa shape index (κ2) is 5.77. The van der Waals surface area contributed by atoms with Gasteiger partial charge in [-0.05, 0) is 37.3 Å². The molecule has 4 heteroatoms. The Morgan fingerprint density at radius 3 is 2.94 bits per heavy atom. The smallest absolute Gasteiger partial charge is 0.253 e. The molecule has 4 nitrogen and oxygen atoms in total. The number of nitrogens with zero attached hydrogens (tertiary/aromatic N) is 2. The maximum atomic E-state index is 12.2. The predicted molar refractivity (Wildman–Crippen MR) is 64.6 cm³/mol. The summed E-state index contributed by atoms with van der Waals surface area (Å²) in [6.45, 7) is 1.80. The molecule has 2 rings (SSSR count). The van der Waals surface area contributed by atoms with Gasteiger partial charge in [-0.25, -0.2) is 0 Å². The Labute approximate surface area is 101 Å². The summed E-state index contributed by atoms with van der Waals surface area (Å²) in [6.07, 6.45) is 6.22. The molecule has 17 heavy (non-hydrogen) atoms. The molecule has 0 bridgehead atoms. The van der Waals surface area contributed by atoms with E-state index in [0.717, 1.165) is 32.4 Å². The predicted octanol–water partition coefficient (Wildman–Crippen LogP) is 1.32. The Kier molecular flexibility index (Phi) is 4.09. The van der Waals surface area contributed by atoms with Crippen LogP contribution in [-0.4, -0.2) is 40.6 Å². The number of hydrogen-bond donors (Lipinski definition) is 1. The highest BCUT2D eigenvalue weighted by molar-refractivity contribution is 5.94. The van der Waals surface area contributed by atoms with E-state index in [1.165, 1.54) is 0 Å². The van der Waals surface area contributed by atoms with E-state index in [0.29, 0.717) is 11.5 Å². The van der Waals surface area contributed by atoms with Gasteiger partial charge in [0.05, 0.1) is 0 Å². The lowest BCUT2D eigenvalue weighted by Crippen LogP contribution is -2.40. The Bertz CT molecular complexity index is 365. The van der Waals surface area contributed by atoms with Crippen molar-refractivity contribution in [2.24, 2.45) is 5.92 Å². The topological polar surface area (TPSA) is 53.4 Å². The van der Waals surface area contributed by atoms with Crippen molar-refractivity contribution in [2.75, 3.05) is 19.7 Å². The van der Waals surface area contributed by atoms with Crippen molar-refractivity contribution in [3.63, 3.8) is 0 Å². The zero-order chi connectivity index (χ0) is 12.1. The van der Waals surface area contributed by atoms with Gasteiger partial charge < -0.3 is 10.0 Å². The van der Waals surface area contributed by atoms with Crippen LogP contribution >= 0.6 is 0 Å². The molecule has 1 aliphatic heterocycles. The number of hydrogen-bond acceptors (Lipinski definition) is 3. The summed E-state index contributed by atoms with van der Waals surface area (Å²) < 4.78 is 0. The van der Waals surface area contributed by atoms with Crippen LogP contribution in [0.25, 0.3) is 0 Å².